The predicted octanol–water partition coefficient (Wildman–Crippen LogP) is 0.677. The van der Waals surface area contributed by atoms with Gasteiger partial charge in [-0.05, 0) is 6.42 Å². The van der Waals surface area contributed by atoms with Gasteiger partial charge in [-0.25, -0.2) is 4.39 Å². The Morgan fingerprint density at radius 2 is 2.30 bits per heavy atom. The van der Waals surface area contributed by atoms with E-state index in [0.29, 0.717) is 13.1 Å². The minimum Gasteiger partial charge on any atom is -0.385 e. The van der Waals surface area contributed by atoms with Crippen molar-refractivity contribution < 1.29 is 9.13 Å². The van der Waals surface area contributed by atoms with E-state index in [2.05, 4.69) is 4.90 Å². The lowest BCUT2D eigenvalue weighted by molar-refractivity contribution is 0.0569. The average Bonchev–Trinajstić information content (AvgIpc) is 1.85. The Morgan fingerprint density at radius 3 is 2.80 bits per heavy atom. The fourth-order valence-electron chi connectivity index (χ4n) is 1.12. The maximum Gasteiger partial charge on any atom is 0.125 e. The second-order valence-electron chi connectivity index (χ2n) is 2.70. The molecular formula is C7H14FNO. The monoisotopic (exact) mass is 147 g/mol. The van der Waals surface area contributed by atoms with Gasteiger partial charge in [0.15, 0.2) is 0 Å². The number of hydrogen-bond acceptors (Lipinski definition) is 2. The van der Waals surface area contributed by atoms with Gasteiger partial charge in [0.05, 0.1) is 0 Å². The summed E-state index contributed by atoms with van der Waals surface area (Å²) in [5, 5.41) is 0. The highest BCUT2D eigenvalue weighted by Crippen LogP contribution is 2.10. The molecular weight excluding hydrogens is 133 g/mol. The zero-order valence-electron chi connectivity index (χ0n) is 6.35. The van der Waals surface area contributed by atoms with Crippen LogP contribution in [0.5, 0.6) is 0 Å². The number of nitrogens with zero attached hydrogens (tertiary/aromatic N) is 1. The van der Waals surface area contributed by atoms with Crippen LogP contribution in [0, 0.1) is 0 Å². The molecule has 1 aliphatic heterocycles. The van der Waals surface area contributed by atoms with Crippen LogP contribution in [-0.2, 0) is 4.74 Å². The Balaban J connectivity index is 1.86. The topological polar surface area (TPSA) is 12.5 Å². The summed E-state index contributed by atoms with van der Waals surface area (Å²) in [5.74, 6) is 0. The smallest absolute Gasteiger partial charge is 0.125 e. The molecule has 0 amide bonds. The van der Waals surface area contributed by atoms with Crippen molar-refractivity contribution in [2.75, 3.05) is 33.4 Å². The summed E-state index contributed by atoms with van der Waals surface area (Å²) in [4.78, 5) is 2.10. The summed E-state index contributed by atoms with van der Waals surface area (Å²) < 4.78 is 17.1. The number of likely N-dealkylation sites (tertiary alicyclic amines) is 1. The third kappa shape index (κ3) is 2.23. The van der Waals surface area contributed by atoms with E-state index in [0.717, 1.165) is 19.6 Å². The first-order valence-electron chi connectivity index (χ1n) is 3.68. The van der Waals surface area contributed by atoms with Gasteiger partial charge in [-0.2, -0.15) is 0 Å². The van der Waals surface area contributed by atoms with Gasteiger partial charge in [0.1, 0.15) is 6.17 Å². The van der Waals surface area contributed by atoms with Crippen LogP contribution in [0.1, 0.15) is 6.42 Å². The van der Waals surface area contributed by atoms with Gasteiger partial charge in [0, 0.05) is 33.4 Å². The number of methoxy groups -OCH3 is 1. The van der Waals surface area contributed by atoms with E-state index in [9.17, 15) is 4.39 Å². The molecule has 0 aromatic carbocycles. The van der Waals surface area contributed by atoms with E-state index in [4.69, 9.17) is 4.74 Å². The highest BCUT2D eigenvalue weighted by Gasteiger charge is 2.24. The zero-order chi connectivity index (χ0) is 7.40. The Bertz CT molecular complexity index is 93.6. The molecule has 60 valence electrons. The largest absolute Gasteiger partial charge is 0.385 e. The van der Waals surface area contributed by atoms with Crippen LogP contribution < -0.4 is 0 Å². The second-order valence-corrected chi connectivity index (χ2v) is 2.70. The van der Waals surface area contributed by atoms with Gasteiger partial charge < -0.3 is 4.74 Å². The lowest BCUT2D eigenvalue weighted by Crippen LogP contribution is -2.48. The van der Waals surface area contributed by atoms with Crippen LogP contribution in [0.4, 0.5) is 4.39 Å². The lowest BCUT2D eigenvalue weighted by Gasteiger charge is -2.34. The van der Waals surface area contributed by atoms with Crippen molar-refractivity contribution >= 4 is 0 Å². The molecule has 0 unspecified atom stereocenters. The van der Waals surface area contributed by atoms with Crippen molar-refractivity contribution in [2.24, 2.45) is 0 Å². The maximum atomic E-state index is 12.2. The standard InChI is InChI=1S/C7H14FNO/c1-10-4-2-3-9-5-7(8)6-9/h7H,2-6H2,1H3. The highest BCUT2D eigenvalue weighted by molar-refractivity contribution is 4.78. The molecule has 2 nitrogen and oxygen atoms in total. The number of hydrogen-bond donors (Lipinski definition) is 0. The Hall–Kier alpha value is -0.150. The minimum absolute atomic E-state index is 0.567. The highest BCUT2D eigenvalue weighted by atomic mass is 19.1. The van der Waals surface area contributed by atoms with Crippen LogP contribution in [0.15, 0.2) is 0 Å². The molecule has 0 aliphatic carbocycles. The third-order valence-electron chi connectivity index (χ3n) is 1.74. The van der Waals surface area contributed by atoms with E-state index in [1.54, 1.807) is 7.11 Å². The summed E-state index contributed by atoms with van der Waals surface area (Å²) in [6.07, 6.45) is 0.450. The summed E-state index contributed by atoms with van der Waals surface area (Å²) in [6.45, 7) is 3.02. The van der Waals surface area contributed by atoms with Gasteiger partial charge in [0.2, 0.25) is 0 Å². The summed E-state index contributed by atoms with van der Waals surface area (Å²) >= 11 is 0. The van der Waals surface area contributed by atoms with E-state index < -0.39 is 6.17 Å². The van der Waals surface area contributed by atoms with Crippen LogP contribution in [0.3, 0.4) is 0 Å². The summed E-state index contributed by atoms with van der Waals surface area (Å²) in [5.41, 5.74) is 0. The molecule has 0 bridgehead atoms. The van der Waals surface area contributed by atoms with Crippen molar-refractivity contribution in [1.82, 2.24) is 4.90 Å². The zero-order valence-corrected chi connectivity index (χ0v) is 6.35. The normalized spacial score (nSPS) is 21.0. The first kappa shape index (κ1) is 7.95. The number of alkyl halides is 1. The Morgan fingerprint density at radius 1 is 1.60 bits per heavy atom. The molecule has 0 aromatic heterocycles. The number of rotatable bonds is 4. The van der Waals surface area contributed by atoms with E-state index in [-0.39, 0.29) is 0 Å². The van der Waals surface area contributed by atoms with Crippen molar-refractivity contribution in [3.05, 3.63) is 0 Å². The second kappa shape index (κ2) is 3.88. The molecule has 0 atom stereocenters. The van der Waals surface area contributed by atoms with Crippen molar-refractivity contribution in [2.45, 2.75) is 12.6 Å². The number of halogens is 1. The molecule has 3 heteroatoms. The van der Waals surface area contributed by atoms with Crippen LogP contribution in [0.25, 0.3) is 0 Å². The first-order chi connectivity index (χ1) is 4.83. The van der Waals surface area contributed by atoms with Gasteiger partial charge in [-0.3, -0.25) is 4.90 Å². The average molecular weight is 147 g/mol. The van der Waals surface area contributed by atoms with Gasteiger partial charge in [-0.15, -0.1) is 0 Å². The van der Waals surface area contributed by atoms with Crippen molar-refractivity contribution in [3.8, 4) is 0 Å². The van der Waals surface area contributed by atoms with E-state index in [1.807, 2.05) is 0 Å². The lowest BCUT2D eigenvalue weighted by atomic mass is 10.2. The molecule has 0 N–H and O–H groups in total. The molecule has 1 saturated heterocycles. The molecule has 10 heavy (non-hydrogen) atoms. The van der Waals surface area contributed by atoms with Gasteiger partial charge in [0.25, 0.3) is 0 Å². The summed E-state index contributed by atoms with van der Waals surface area (Å²) in [6, 6.07) is 0. The molecule has 1 heterocycles. The fourth-order valence-corrected chi connectivity index (χ4v) is 1.12. The molecule has 0 radical (unpaired) electrons. The molecule has 0 saturated carbocycles. The van der Waals surface area contributed by atoms with Crippen LogP contribution in [-0.4, -0.2) is 44.4 Å². The van der Waals surface area contributed by atoms with E-state index in [1.165, 1.54) is 0 Å². The van der Waals surface area contributed by atoms with Gasteiger partial charge in [-0.1, -0.05) is 0 Å². The molecule has 1 aliphatic rings. The maximum absolute atomic E-state index is 12.2. The Kier molecular flexibility index (Phi) is 3.09. The van der Waals surface area contributed by atoms with Crippen molar-refractivity contribution in [3.63, 3.8) is 0 Å². The molecule has 1 rings (SSSR count). The quantitative estimate of drug-likeness (QED) is 0.542. The molecule has 0 aromatic rings. The predicted molar refractivity (Wildman–Crippen MR) is 37.8 cm³/mol. The SMILES string of the molecule is COCCCN1CC(F)C1. The van der Waals surface area contributed by atoms with Gasteiger partial charge >= 0.3 is 0 Å². The van der Waals surface area contributed by atoms with E-state index >= 15 is 0 Å². The summed E-state index contributed by atoms with van der Waals surface area (Å²) in [7, 11) is 1.69. The van der Waals surface area contributed by atoms with Crippen molar-refractivity contribution in [1.29, 1.82) is 0 Å². The number of ether oxygens (including phenoxy) is 1. The molecule has 0 spiro atoms. The Labute approximate surface area is 61.0 Å². The first-order valence-corrected chi connectivity index (χ1v) is 3.68. The molecule has 1 fully saturated rings. The van der Waals surface area contributed by atoms with Crippen LogP contribution in [0.2, 0.25) is 0 Å². The fraction of sp³-hybridized carbons (Fsp3) is 1.00. The minimum atomic E-state index is -0.567. The van der Waals surface area contributed by atoms with Crippen LogP contribution >= 0.6 is 0 Å². The third-order valence-corrected chi connectivity index (χ3v) is 1.74.